The molecule has 3 aromatic rings. The van der Waals surface area contributed by atoms with E-state index in [9.17, 15) is 0 Å². The first-order valence-electron chi connectivity index (χ1n) is 6.51. The molecular formula is C17H15N3. The maximum Gasteiger partial charge on any atom is 0.144 e. The topological polar surface area (TPSA) is 28.2 Å². The van der Waals surface area contributed by atoms with Gasteiger partial charge >= 0.3 is 0 Å². The molecule has 20 heavy (non-hydrogen) atoms. The van der Waals surface area contributed by atoms with E-state index in [-0.39, 0.29) is 0 Å². The minimum absolute atomic E-state index is 0.806. The van der Waals surface area contributed by atoms with Crippen LogP contribution in [-0.4, -0.2) is 4.98 Å². The van der Waals surface area contributed by atoms with Gasteiger partial charge in [-0.15, -0.1) is 0 Å². The molecule has 0 aliphatic carbocycles. The van der Waals surface area contributed by atoms with Crippen LogP contribution < -0.4 is 10.4 Å². The first-order chi connectivity index (χ1) is 9.93. The molecule has 0 saturated carbocycles. The molecule has 0 unspecified atom stereocenters. The third kappa shape index (κ3) is 2.78. The molecule has 1 N–H and O–H groups in total. The Morgan fingerprint density at radius 2 is 1.20 bits per heavy atom. The molecule has 0 atom stereocenters. The largest absolute Gasteiger partial charge is 0.277 e. The molecule has 0 fully saturated rings. The highest BCUT2D eigenvalue weighted by molar-refractivity contribution is 5.66. The van der Waals surface area contributed by atoms with Crippen molar-refractivity contribution in [3.8, 4) is 0 Å². The zero-order valence-electron chi connectivity index (χ0n) is 11.0. The third-order valence-electron chi connectivity index (χ3n) is 2.92. The number of aromatic nitrogens is 1. The molecule has 0 bridgehead atoms. The maximum atomic E-state index is 4.32. The van der Waals surface area contributed by atoms with E-state index in [0.717, 1.165) is 17.2 Å². The van der Waals surface area contributed by atoms with Gasteiger partial charge in [0.15, 0.2) is 0 Å². The summed E-state index contributed by atoms with van der Waals surface area (Å²) in [5.74, 6) is 0.806. The summed E-state index contributed by atoms with van der Waals surface area (Å²) in [7, 11) is 0. The molecule has 3 nitrogen and oxygen atoms in total. The number of pyridine rings is 1. The Labute approximate surface area is 118 Å². The van der Waals surface area contributed by atoms with E-state index < -0.39 is 0 Å². The third-order valence-corrected chi connectivity index (χ3v) is 2.92. The summed E-state index contributed by atoms with van der Waals surface area (Å²) in [6.45, 7) is 0. The van der Waals surface area contributed by atoms with Crippen molar-refractivity contribution in [2.45, 2.75) is 0 Å². The summed E-state index contributed by atoms with van der Waals surface area (Å²) in [4.78, 5) is 4.32. The summed E-state index contributed by atoms with van der Waals surface area (Å²) in [5, 5.41) is 2.02. The monoisotopic (exact) mass is 261 g/mol. The number of nitrogens with zero attached hydrogens (tertiary/aromatic N) is 2. The maximum absolute atomic E-state index is 4.32. The van der Waals surface area contributed by atoms with Crippen molar-refractivity contribution in [1.29, 1.82) is 0 Å². The van der Waals surface area contributed by atoms with Crippen LogP contribution in [0.25, 0.3) is 0 Å². The van der Waals surface area contributed by atoms with Crippen molar-refractivity contribution in [2.24, 2.45) is 0 Å². The van der Waals surface area contributed by atoms with Crippen molar-refractivity contribution >= 4 is 17.2 Å². The lowest BCUT2D eigenvalue weighted by Gasteiger charge is -2.25. The van der Waals surface area contributed by atoms with Gasteiger partial charge < -0.3 is 0 Å². The molecule has 0 radical (unpaired) electrons. The predicted octanol–water partition coefficient (Wildman–Crippen LogP) is 4.25. The summed E-state index contributed by atoms with van der Waals surface area (Å²) in [6.07, 6.45) is 1.77. The summed E-state index contributed by atoms with van der Waals surface area (Å²) >= 11 is 0. The van der Waals surface area contributed by atoms with Gasteiger partial charge in [-0.2, -0.15) is 0 Å². The zero-order valence-corrected chi connectivity index (χ0v) is 11.0. The first-order valence-corrected chi connectivity index (χ1v) is 6.51. The molecule has 0 saturated heterocycles. The second-order valence-corrected chi connectivity index (χ2v) is 4.33. The second-order valence-electron chi connectivity index (χ2n) is 4.33. The molecular weight excluding hydrogens is 246 g/mol. The highest BCUT2D eigenvalue weighted by atomic mass is 15.5. The summed E-state index contributed by atoms with van der Waals surface area (Å²) in [5.41, 5.74) is 5.45. The normalized spacial score (nSPS) is 10.0. The lowest BCUT2D eigenvalue weighted by Crippen LogP contribution is -2.24. The number of nitrogens with one attached hydrogen (secondary N) is 1. The van der Waals surface area contributed by atoms with Crippen LogP contribution in [0.3, 0.4) is 0 Å². The summed E-state index contributed by atoms with van der Waals surface area (Å²) < 4.78 is 0. The quantitative estimate of drug-likeness (QED) is 0.712. The molecule has 3 heteroatoms. The van der Waals surface area contributed by atoms with E-state index in [2.05, 4.69) is 34.7 Å². The van der Waals surface area contributed by atoms with Crippen molar-refractivity contribution in [3.63, 3.8) is 0 Å². The van der Waals surface area contributed by atoms with Crippen molar-refractivity contribution < 1.29 is 0 Å². The lowest BCUT2D eigenvalue weighted by molar-refractivity contribution is 1.12. The van der Waals surface area contributed by atoms with Gasteiger partial charge in [-0.3, -0.25) is 10.4 Å². The van der Waals surface area contributed by atoms with Gasteiger partial charge in [0.2, 0.25) is 0 Å². The Kier molecular flexibility index (Phi) is 3.60. The van der Waals surface area contributed by atoms with Gasteiger partial charge in [0.25, 0.3) is 0 Å². The lowest BCUT2D eigenvalue weighted by atomic mass is 10.2. The average Bonchev–Trinajstić information content (AvgIpc) is 2.55. The molecule has 2 aromatic carbocycles. The number of hydrazine groups is 1. The molecule has 0 amide bonds. The molecule has 1 aromatic heterocycles. The van der Waals surface area contributed by atoms with Gasteiger partial charge in [0.1, 0.15) is 5.82 Å². The van der Waals surface area contributed by atoms with Gasteiger partial charge in [-0.05, 0) is 36.4 Å². The Bertz CT molecular complexity index is 599. The van der Waals surface area contributed by atoms with Crippen molar-refractivity contribution in [1.82, 2.24) is 4.98 Å². The van der Waals surface area contributed by atoms with Gasteiger partial charge in [-0.1, -0.05) is 42.5 Å². The van der Waals surface area contributed by atoms with Crippen LogP contribution in [0.2, 0.25) is 0 Å². The zero-order chi connectivity index (χ0) is 13.6. The van der Waals surface area contributed by atoms with Crippen molar-refractivity contribution in [3.05, 3.63) is 85.1 Å². The number of hydrogen-bond acceptors (Lipinski definition) is 3. The van der Waals surface area contributed by atoms with Crippen LogP contribution in [0.15, 0.2) is 85.1 Å². The van der Waals surface area contributed by atoms with E-state index in [1.165, 1.54) is 0 Å². The average molecular weight is 261 g/mol. The van der Waals surface area contributed by atoms with Gasteiger partial charge in [0.05, 0.1) is 11.4 Å². The fraction of sp³-hybridized carbons (Fsp3) is 0. The first kappa shape index (κ1) is 12.2. The highest BCUT2D eigenvalue weighted by Gasteiger charge is 2.08. The van der Waals surface area contributed by atoms with Gasteiger partial charge in [-0.25, -0.2) is 4.98 Å². The Hall–Kier alpha value is -2.81. The Balaban J connectivity index is 1.96. The second kappa shape index (κ2) is 5.89. The van der Waals surface area contributed by atoms with Crippen LogP contribution in [0.1, 0.15) is 0 Å². The number of para-hydroxylation sites is 2. The van der Waals surface area contributed by atoms with Crippen LogP contribution >= 0.6 is 0 Å². The molecule has 0 aliphatic rings. The number of anilines is 3. The number of hydrogen-bond donors (Lipinski definition) is 1. The smallest absolute Gasteiger partial charge is 0.144 e. The molecule has 0 spiro atoms. The van der Waals surface area contributed by atoms with Crippen LogP contribution in [0, 0.1) is 0 Å². The predicted molar refractivity (Wildman–Crippen MR) is 82.9 cm³/mol. The summed E-state index contributed by atoms with van der Waals surface area (Å²) in [6, 6.07) is 26.1. The van der Waals surface area contributed by atoms with E-state index in [0.29, 0.717) is 0 Å². The van der Waals surface area contributed by atoms with E-state index in [1.807, 2.05) is 59.6 Å². The standard InChI is InChI=1S/C17H15N3/c1-3-9-15(10-4-1)20(16-11-5-2-6-12-16)19-17-13-7-8-14-18-17/h1-14H,(H,18,19). The van der Waals surface area contributed by atoms with Crippen LogP contribution in [0.4, 0.5) is 17.2 Å². The van der Waals surface area contributed by atoms with Crippen LogP contribution in [-0.2, 0) is 0 Å². The Morgan fingerprint density at radius 3 is 1.70 bits per heavy atom. The minimum atomic E-state index is 0.806. The molecule has 98 valence electrons. The number of rotatable bonds is 4. The fourth-order valence-corrected chi connectivity index (χ4v) is 1.98. The fourth-order valence-electron chi connectivity index (χ4n) is 1.98. The Morgan fingerprint density at radius 1 is 0.650 bits per heavy atom. The highest BCUT2D eigenvalue weighted by Crippen LogP contribution is 2.24. The van der Waals surface area contributed by atoms with E-state index >= 15 is 0 Å². The molecule has 1 heterocycles. The molecule has 3 rings (SSSR count). The molecule has 0 aliphatic heterocycles. The SMILES string of the molecule is c1ccc(N(Nc2ccccn2)c2ccccc2)cc1. The van der Waals surface area contributed by atoms with Gasteiger partial charge in [0, 0.05) is 6.20 Å². The minimum Gasteiger partial charge on any atom is -0.277 e. The van der Waals surface area contributed by atoms with E-state index in [1.54, 1.807) is 6.20 Å². The number of benzene rings is 2. The van der Waals surface area contributed by atoms with Crippen molar-refractivity contribution in [2.75, 3.05) is 10.4 Å². The van der Waals surface area contributed by atoms with E-state index in [4.69, 9.17) is 0 Å². The van der Waals surface area contributed by atoms with Crippen LogP contribution in [0.5, 0.6) is 0 Å².